The number of benzene rings is 3. The van der Waals surface area contributed by atoms with Crippen molar-refractivity contribution in [3.63, 3.8) is 0 Å². The van der Waals surface area contributed by atoms with E-state index in [1.165, 1.54) is 0 Å². The Labute approximate surface area is 234 Å². The highest BCUT2D eigenvalue weighted by Crippen LogP contribution is 2.57. The van der Waals surface area contributed by atoms with Crippen LogP contribution < -0.4 is 0 Å². The number of Topliss-reactive ketones (excluding diaryl/α,β-unsaturated/α-hetero) is 1. The third kappa shape index (κ3) is 5.92. The van der Waals surface area contributed by atoms with Crippen molar-refractivity contribution in [2.45, 2.75) is 38.2 Å². The van der Waals surface area contributed by atoms with E-state index in [2.05, 4.69) is 0 Å². The Bertz CT molecular complexity index is 1350. The molecule has 1 N–H and O–H groups in total. The summed E-state index contributed by atoms with van der Waals surface area (Å²) >= 11 is 0. The molecule has 4 atom stereocenters. The fourth-order valence-electron chi connectivity index (χ4n) is 6.18. The fraction of sp³-hybridized carbons (Fsp3) is 0.324. The van der Waals surface area contributed by atoms with E-state index in [1.54, 1.807) is 24.3 Å². The number of fused-ring (bicyclic) bond motifs is 2. The Morgan fingerprint density at radius 2 is 1.55 bits per heavy atom. The molecule has 1 saturated heterocycles. The average Bonchev–Trinajstić information content (AvgIpc) is 3.56. The number of carboxylic acids is 1. The van der Waals surface area contributed by atoms with Gasteiger partial charge < -0.3 is 14.6 Å². The molecule has 1 aliphatic heterocycles. The molecule has 1 heterocycles. The molecule has 0 aromatic heterocycles. The summed E-state index contributed by atoms with van der Waals surface area (Å²) in [5.74, 6) is -1.30. The predicted octanol–water partition coefficient (Wildman–Crippen LogP) is 6.62. The Morgan fingerprint density at radius 3 is 2.25 bits per heavy atom. The lowest BCUT2D eigenvalue weighted by molar-refractivity contribution is -0.137. The number of ketones is 1. The third-order valence-electron chi connectivity index (χ3n) is 8.27. The molecule has 5 rings (SSSR count). The van der Waals surface area contributed by atoms with Crippen LogP contribution in [0.4, 0.5) is 0 Å². The van der Waals surface area contributed by atoms with Crippen LogP contribution in [0, 0.1) is 17.3 Å². The number of allylic oxidation sites excluding steroid dienone is 2. The molecule has 0 amide bonds. The highest BCUT2D eigenvalue weighted by molar-refractivity contribution is 6.02. The molecule has 2 fully saturated rings. The minimum absolute atomic E-state index is 0.0631. The molecule has 2 aliphatic rings. The van der Waals surface area contributed by atoms with Gasteiger partial charge in [0.2, 0.25) is 0 Å². The van der Waals surface area contributed by atoms with Crippen LogP contribution in [0.3, 0.4) is 0 Å². The standard InChI is InChI=1S/C34H34O6/c35-31(36)16-10-2-1-9-15-29-28(22-39-33(38)27-13-7-4-8-14-27)30-21-34(29,23-40-30)32(37)26-19-17-25(18-20-26)24-11-5-3-6-12-24/h1,3-9,11-14,17-20,28-30H,2,10,15-16,21-23H2,(H,35,36)/b9-1-/t28-,29-,30-,34-/m1/s1. The number of aliphatic carboxylic acids is 1. The largest absolute Gasteiger partial charge is 0.481 e. The Kier molecular flexibility index (Phi) is 8.56. The summed E-state index contributed by atoms with van der Waals surface area (Å²) in [6, 6.07) is 26.7. The van der Waals surface area contributed by atoms with E-state index in [4.69, 9.17) is 14.6 Å². The third-order valence-corrected chi connectivity index (χ3v) is 8.27. The lowest BCUT2D eigenvalue weighted by atomic mass is 9.69. The van der Waals surface area contributed by atoms with Gasteiger partial charge in [-0.1, -0.05) is 84.9 Å². The number of esters is 1. The van der Waals surface area contributed by atoms with Crippen LogP contribution in [0.2, 0.25) is 0 Å². The molecule has 40 heavy (non-hydrogen) atoms. The normalized spacial score (nSPS) is 23.4. The number of ether oxygens (including phenoxy) is 2. The zero-order valence-electron chi connectivity index (χ0n) is 22.4. The van der Waals surface area contributed by atoms with Gasteiger partial charge in [0.05, 0.1) is 30.3 Å². The maximum absolute atomic E-state index is 14.1. The molecule has 6 nitrogen and oxygen atoms in total. The maximum atomic E-state index is 14.1. The van der Waals surface area contributed by atoms with E-state index in [9.17, 15) is 14.4 Å². The second-order valence-corrected chi connectivity index (χ2v) is 10.7. The van der Waals surface area contributed by atoms with Crippen LogP contribution in [-0.2, 0) is 14.3 Å². The smallest absolute Gasteiger partial charge is 0.338 e. The second-order valence-electron chi connectivity index (χ2n) is 10.7. The van der Waals surface area contributed by atoms with Crippen LogP contribution in [-0.4, -0.2) is 42.1 Å². The lowest BCUT2D eigenvalue weighted by Crippen LogP contribution is -2.43. The van der Waals surface area contributed by atoms with Gasteiger partial charge in [0.25, 0.3) is 0 Å². The van der Waals surface area contributed by atoms with Gasteiger partial charge in [0.1, 0.15) is 0 Å². The molecule has 0 radical (unpaired) electrons. The van der Waals surface area contributed by atoms with Crippen molar-refractivity contribution in [3.8, 4) is 11.1 Å². The van der Waals surface area contributed by atoms with Crippen molar-refractivity contribution in [2.75, 3.05) is 13.2 Å². The Morgan fingerprint density at radius 1 is 0.875 bits per heavy atom. The van der Waals surface area contributed by atoms with Gasteiger partial charge in [0.15, 0.2) is 5.78 Å². The molecule has 6 heteroatoms. The Balaban J connectivity index is 1.34. The summed E-state index contributed by atoms with van der Waals surface area (Å²) in [6.45, 7) is 0.523. The number of hydrogen-bond donors (Lipinski definition) is 1. The zero-order chi connectivity index (χ0) is 28.0. The monoisotopic (exact) mass is 538 g/mol. The summed E-state index contributed by atoms with van der Waals surface area (Å²) in [4.78, 5) is 37.7. The number of hydrogen-bond acceptors (Lipinski definition) is 5. The van der Waals surface area contributed by atoms with Crippen molar-refractivity contribution in [1.29, 1.82) is 0 Å². The van der Waals surface area contributed by atoms with Crippen molar-refractivity contribution in [1.82, 2.24) is 0 Å². The summed E-state index contributed by atoms with van der Waals surface area (Å²) in [5, 5.41) is 8.90. The first-order valence-corrected chi connectivity index (χ1v) is 13.9. The number of carboxylic acid groups (broad SMARTS) is 1. The number of unbranched alkanes of at least 4 members (excludes halogenated alkanes) is 1. The van der Waals surface area contributed by atoms with Gasteiger partial charge in [-0.05, 0) is 54.9 Å². The molecule has 3 aromatic rings. The second kappa shape index (κ2) is 12.4. The van der Waals surface area contributed by atoms with E-state index in [-0.39, 0.29) is 42.7 Å². The maximum Gasteiger partial charge on any atom is 0.338 e. The summed E-state index contributed by atoms with van der Waals surface area (Å²) in [6.07, 6.45) is 6.46. The first-order chi connectivity index (χ1) is 19.5. The fourth-order valence-corrected chi connectivity index (χ4v) is 6.18. The van der Waals surface area contributed by atoms with Crippen LogP contribution in [0.5, 0.6) is 0 Å². The van der Waals surface area contributed by atoms with E-state index in [0.29, 0.717) is 43.4 Å². The molecule has 0 spiro atoms. The van der Waals surface area contributed by atoms with Gasteiger partial charge in [-0.15, -0.1) is 0 Å². The van der Waals surface area contributed by atoms with Crippen LogP contribution in [0.1, 0.15) is 52.8 Å². The number of carbonyl (C=O) groups is 3. The van der Waals surface area contributed by atoms with Crippen molar-refractivity contribution in [3.05, 3.63) is 108 Å². The van der Waals surface area contributed by atoms with Crippen LogP contribution in [0.25, 0.3) is 11.1 Å². The lowest BCUT2D eigenvalue weighted by Gasteiger charge is -2.37. The van der Waals surface area contributed by atoms with Crippen molar-refractivity contribution < 1.29 is 29.0 Å². The molecule has 3 aromatic carbocycles. The minimum atomic E-state index is -0.804. The first kappa shape index (κ1) is 27.5. The molecular formula is C34H34O6. The quantitative estimate of drug-likeness (QED) is 0.121. The van der Waals surface area contributed by atoms with E-state index in [0.717, 1.165) is 11.1 Å². The number of carbonyl (C=O) groups excluding carboxylic acids is 2. The van der Waals surface area contributed by atoms with Crippen molar-refractivity contribution in [2.24, 2.45) is 17.3 Å². The van der Waals surface area contributed by atoms with Crippen LogP contribution >= 0.6 is 0 Å². The average molecular weight is 539 g/mol. The molecule has 206 valence electrons. The highest BCUT2D eigenvalue weighted by atomic mass is 16.5. The van der Waals surface area contributed by atoms with Gasteiger partial charge in [-0.2, -0.15) is 0 Å². The molecule has 1 aliphatic carbocycles. The summed E-state index contributed by atoms with van der Waals surface area (Å²) in [7, 11) is 0. The zero-order valence-corrected chi connectivity index (χ0v) is 22.4. The minimum Gasteiger partial charge on any atom is -0.481 e. The van der Waals surface area contributed by atoms with Crippen molar-refractivity contribution >= 4 is 17.7 Å². The van der Waals surface area contributed by atoms with E-state index < -0.39 is 11.4 Å². The first-order valence-electron chi connectivity index (χ1n) is 13.9. The van der Waals surface area contributed by atoms with E-state index >= 15 is 0 Å². The topological polar surface area (TPSA) is 89.9 Å². The molecular weight excluding hydrogens is 504 g/mol. The van der Waals surface area contributed by atoms with Gasteiger partial charge in [-0.3, -0.25) is 9.59 Å². The van der Waals surface area contributed by atoms with Gasteiger partial charge in [0, 0.05) is 17.9 Å². The van der Waals surface area contributed by atoms with E-state index in [1.807, 2.05) is 72.8 Å². The summed E-state index contributed by atoms with van der Waals surface area (Å²) < 4.78 is 11.9. The predicted molar refractivity (Wildman–Crippen MR) is 152 cm³/mol. The number of rotatable bonds is 12. The molecule has 1 saturated carbocycles. The Hall–Kier alpha value is -4.03. The molecule has 2 bridgehead atoms. The van der Waals surface area contributed by atoms with Gasteiger partial charge >= 0.3 is 11.9 Å². The van der Waals surface area contributed by atoms with Gasteiger partial charge in [-0.25, -0.2) is 4.79 Å². The highest BCUT2D eigenvalue weighted by Gasteiger charge is 2.62. The van der Waals surface area contributed by atoms with Crippen LogP contribution in [0.15, 0.2) is 97.1 Å². The SMILES string of the molecule is O=C(O)CCC/C=C\C[C@@H]1[C@@H](COC(=O)c2ccccc2)[C@H]2C[C@@]1(C(=O)c1ccc(-c3ccccc3)cc1)CO2. The molecule has 0 unspecified atom stereocenters. The summed E-state index contributed by atoms with van der Waals surface area (Å²) in [5.41, 5.74) is 2.59.